The number of hydrogen-bond acceptors (Lipinski definition) is 6. The second-order valence-corrected chi connectivity index (χ2v) is 6.78. The molecule has 1 amide bonds. The number of nitrogens with zero attached hydrogens (tertiary/aromatic N) is 4. The Hall–Kier alpha value is -2.51. The highest BCUT2D eigenvalue weighted by molar-refractivity contribution is 5.79. The zero-order valence-electron chi connectivity index (χ0n) is 15.0. The minimum absolute atomic E-state index is 0.0239. The second-order valence-electron chi connectivity index (χ2n) is 6.78. The predicted octanol–water partition coefficient (Wildman–Crippen LogP) is 1.80. The summed E-state index contributed by atoms with van der Waals surface area (Å²) in [7, 11) is 0. The molecule has 1 unspecified atom stereocenters. The largest absolute Gasteiger partial charge is 0.337 e. The molecule has 0 aromatic carbocycles. The summed E-state index contributed by atoms with van der Waals surface area (Å²) in [4.78, 5) is 38.0. The van der Waals surface area contributed by atoms with Gasteiger partial charge in [0, 0.05) is 23.7 Å². The van der Waals surface area contributed by atoms with Gasteiger partial charge >= 0.3 is 0 Å². The Balaban J connectivity index is 1.80. The molecule has 2 aromatic rings. The molecule has 1 atom stereocenters. The third kappa shape index (κ3) is 3.47. The molecule has 3 rings (SSSR count). The van der Waals surface area contributed by atoms with Crippen molar-refractivity contribution in [1.82, 2.24) is 25.0 Å². The molecule has 0 saturated carbocycles. The molecule has 8 heteroatoms. The Kier molecular flexibility index (Phi) is 4.69. The van der Waals surface area contributed by atoms with Crippen molar-refractivity contribution < 1.29 is 9.32 Å². The fourth-order valence-electron chi connectivity index (χ4n) is 3.15. The normalized spacial score (nSPS) is 17.5. The molecule has 3 heterocycles. The first-order valence-corrected chi connectivity index (χ1v) is 8.56. The molecule has 0 radical (unpaired) electrons. The number of H-pyrrole nitrogens is 1. The molecular formula is C17H23N5O3. The maximum Gasteiger partial charge on any atom is 0.254 e. The lowest BCUT2D eigenvalue weighted by Crippen LogP contribution is -2.34. The van der Waals surface area contributed by atoms with Crippen LogP contribution in [0.5, 0.6) is 0 Å². The van der Waals surface area contributed by atoms with E-state index < -0.39 is 0 Å². The molecule has 1 aliphatic rings. The summed E-state index contributed by atoms with van der Waals surface area (Å²) in [5.41, 5.74) is 0.744. The summed E-state index contributed by atoms with van der Waals surface area (Å²) in [5.74, 6) is 1.71. The topological polar surface area (TPSA) is 105 Å². The zero-order chi connectivity index (χ0) is 18.1. The molecule has 8 nitrogen and oxygen atoms in total. The van der Waals surface area contributed by atoms with Gasteiger partial charge in [-0.1, -0.05) is 19.0 Å². The summed E-state index contributed by atoms with van der Waals surface area (Å²) in [5, 5.41) is 3.99. The summed E-state index contributed by atoms with van der Waals surface area (Å²) in [6.07, 6.45) is 1.68. The highest BCUT2D eigenvalue weighted by Gasteiger charge is 2.34. The van der Waals surface area contributed by atoms with E-state index in [1.165, 1.54) is 0 Å². The van der Waals surface area contributed by atoms with Gasteiger partial charge in [0.15, 0.2) is 5.82 Å². The van der Waals surface area contributed by atoms with Gasteiger partial charge in [0.05, 0.1) is 6.42 Å². The SMILES string of the molecule is Cc1nc(C)c(CC(=O)N2CCCC2c2nc(C(C)C)no2)c(=O)[nH]1. The Bertz CT molecular complexity index is 839. The molecule has 1 aliphatic heterocycles. The first-order chi connectivity index (χ1) is 11.9. The lowest BCUT2D eigenvalue weighted by molar-refractivity contribution is -0.131. The van der Waals surface area contributed by atoms with Gasteiger partial charge in [-0.3, -0.25) is 9.59 Å². The number of likely N-dealkylation sites (tertiary alicyclic amines) is 1. The molecule has 134 valence electrons. The minimum Gasteiger partial charge on any atom is -0.337 e. The fraction of sp³-hybridized carbons (Fsp3) is 0.588. The number of aromatic amines is 1. The maximum absolute atomic E-state index is 12.8. The van der Waals surface area contributed by atoms with E-state index in [0.29, 0.717) is 35.3 Å². The third-order valence-electron chi connectivity index (χ3n) is 4.50. The molecule has 0 spiro atoms. The van der Waals surface area contributed by atoms with Crippen LogP contribution >= 0.6 is 0 Å². The average Bonchev–Trinajstić information content (AvgIpc) is 3.18. The van der Waals surface area contributed by atoms with Crippen molar-refractivity contribution in [2.75, 3.05) is 6.54 Å². The van der Waals surface area contributed by atoms with E-state index in [1.54, 1.807) is 18.7 Å². The van der Waals surface area contributed by atoms with Crippen LogP contribution in [0.3, 0.4) is 0 Å². The average molecular weight is 345 g/mol. The number of hydrogen-bond donors (Lipinski definition) is 1. The predicted molar refractivity (Wildman–Crippen MR) is 90.1 cm³/mol. The van der Waals surface area contributed by atoms with Crippen LogP contribution in [0.1, 0.15) is 67.4 Å². The smallest absolute Gasteiger partial charge is 0.254 e. The van der Waals surface area contributed by atoms with Crippen molar-refractivity contribution in [2.45, 2.75) is 58.9 Å². The van der Waals surface area contributed by atoms with Crippen molar-refractivity contribution in [1.29, 1.82) is 0 Å². The van der Waals surface area contributed by atoms with Gasteiger partial charge in [-0.2, -0.15) is 4.98 Å². The monoisotopic (exact) mass is 345 g/mol. The maximum atomic E-state index is 12.8. The van der Waals surface area contributed by atoms with Gasteiger partial charge in [0.2, 0.25) is 11.8 Å². The van der Waals surface area contributed by atoms with Crippen LogP contribution in [0, 0.1) is 13.8 Å². The van der Waals surface area contributed by atoms with E-state index in [1.807, 2.05) is 13.8 Å². The van der Waals surface area contributed by atoms with Gasteiger partial charge in [-0.15, -0.1) is 0 Å². The zero-order valence-corrected chi connectivity index (χ0v) is 15.0. The van der Waals surface area contributed by atoms with Crippen LogP contribution in [0.4, 0.5) is 0 Å². The van der Waals surface area contributed by atoms with Crippen LogP contribution in [0.2, 0.25) is 0 Å². The standard InChI is InChI=1S/C17H23N5O3/c1-9(2)15-20-17(25-21-15)13-6-5-7-22(13)14(23)8-12-10(3)18-11(4)19-16(12)24/h9,13H,5-8H2,1-4H3,(H,18,19,24). The Morgan fingerprint density at radius 3 is 2.76 bits per heavy atom. The van der Waals surface area contributed by atoms with Gasteiger partial charge in [0.1, 0.15) is 11.9 Å². The molecule has 0 aliphatic carbocycles. The van der Waals surface area contributed by atoms with Crippen molar-refractivity contribution in [2.24, 2.45) is 0 Å². The fourth-order valence-corrected chi connectivity index (χ4v) is 3.15. The number of amides is 1. The lowest BCUT2D eigenvalue weighted by Gasteiger charge is -2.22. The van der Waals surface area contributed by atoms with Crippen molar-refractivity contribution in [3.63, 3.8) is 0 Å². The number of aryl methyl sites for hydroxylation is 2. The first kappa shape index (κ1) is 17.3. The van der Waals surface area contributed by atoms with Crippen LogP contribution in [0.25, 0.3) is 0 Å². The molecule has 1 N–H and O–H groups in total. The van der Waals surface area contributed by atoms with Gasteiger partial charge < -0.3 is 14.4 Å². The number of rotatable bonds is 4. The number of carbonyl (C=O) groups is 1. The van der Waals surface area contributed by atoms with E-state index in [-0.39, 0.29) is 29.8 Å². The van der Waals surface area contributed by atoms with E-state index >= 15 is 0 Å². The highest BCUT2D eigenvalue weighted by Crippen LogP contribution is 2.32. The molecule has 2 aromatic heterocycles. The lowest BCUT2D eigenvalue weighted by atomic mass is 10.1. The summed E-state index contributed by atoms with van der Waals surface area (Å²) >= 11 is 0. The second kappa shape index (κ2) is 6.78. The molecule has 25 heavy (non-hydrogen) atoms. The van der Waals surface area contributed by atoms with Crippen LogP contribution < -0.4 is 5.56 Å². The molecule has 0 bridgehead atoms. The van der Waals surface area contributed by atoms with Gasteiger partial charge in [-0.25, -0.2) is 4.98 Å². The number of carbonyl (C=O) groups excluding carboxylic acids is 1. The Morgan fingerprint density at radius 2 is 2.12 bits per heavy atom. The van der Waals surface area contributed by atoms with Crippen LogP contribution in [-0.2, 0) is 11.2 Å². The quantitative estimate of drug-likeness (QED) is 0.906. The van der Waals surface area contributed by atoms with E-state index in [2.05, 4.69) is 20.1 Å². The first-order valence-electron chi connectivity index (χ1n) is 8.56. The van der Waals surface area contributed by atoms with Crippen LogP contribution in [0.15, 0.2) is 9.32 Å². The van der Waals surface area contributed by atoms with Gasteiger partial charge in [0.25, 0.3) is 5.56 Å². The van der Waals surface area contributed by atoms with Crippen molar-refractivity contribution in [3.8, 4) is 0 Å². The van der Waals surface area contributed by atoms with E-state index in [0.717, 1.165) is 12.8 Å². The molecule has 1 saturated heterocycles. The highest BCUT2D eigenvalue weighted by atomic mass is 16.5. The van der Waals surface area contributed by atoms with Crippen molar-refractivity contribution >= 4 is 5.91 Å². The van der Waals surface area contributed by atoms with E-state index in [9.17, 15) is 9.59 Å². The van der Waals surface area contributed by atoms with Gasteiger partial charge in [-0.05, 0) is 26.7 Å². The summed E-state index contributed by atoms with van der Waals surface area (Å²) in [6, 6.07) is -0.217. The number of aromatic nitrogens is 4. The Labute approximate surface area is 145 Å². The summed E-state index contributed by atoms with van der Waals surface area (Å²) in [6.45, 7) is 8.08. The molecular weight excluding hydrogens is 322 g/mol. The van der Waals surface area contributed by atoms with Crippen molar-refractivity contribution in [3.05, 3.63) is 39.2 Å². The molecule has 1 fully saturated rings. The van der Waals surface area contributed by atoms with Crippen LogP contribution in [-0.4, -0.2) is 37.5 Å². The third-order valence-corrected chi connectivity index (χ3v) is 4.50. The van der Waals surface area contributed by atoms with E-state index in [4.69, 9.17) is 4.52 Å². The number of nitrogens with one attached hydrogen (secondary N) is 1. The Morgan fingerprint density at radius 1 is 1.36 bits per heavy atom. The summed E-state index contributed by atoms with van der Waals surface area (Å²) < 4.78 is 5.37. The minimum atomic E-state index is -0.256.